The predicted molar refractivity (Wildman–Crippen MR) is 148 cm³/mol. The topological polar surface area (TPSA) is 123 Å². The SMILES string of the molecule is CCC(C)(C)NC(=O)[C@@H](c1ccc(OC)cc1)N(C(=O)CCC(=O)Nc1cc(C)on1)c1ccccc1OC. The molecule has 39 heavy (non-hydrogen) atoms. The minimum Gasteiger partial charge on any atom is -0.497 e. The van der Waals surface area contributed by atoms with Crippen LogP contribution < -0.4 is 25.0 Å². The third-order valence-electron chi connectivity index (χ3n) is 6.36. The van der Waals surface area contributed by atoms with E-state index in [-0.39, 0.29) is 24.6 Å². The monoisotopic (exact) mass is 536 g/mol. The molecule has 3 amide bonds. The molecule has 208 valence electrons. The number of nitrogens with one attached hydrogen (secondary N) is 2. The highest BCUT2D eigenvalue weighted by molar-refractivity contribution is 6.04. The summed E-state index contributed by atoms with van der Waals surface area (Å²) >= 11 is 0. The molecule has 10 heteroatoms. The summed E-state index contributed by atoms with van der Waals surface area (Å²) in [6, 6.07) is 14.5. The van der Waals surface area contributed by atoms with Crippen LogP contribution >= 0.6 is 0 Å². The van der Waals surface area contributed by atoms with Crippen LogP contribution in [-0.4, -0.2) is 42.6 Å². The summed E-state index contributed by atoms with van der Waals surface area (Å²) in [5.74, 6) is 0.631. The molecule has 3 rings (SSSR count). The Morgan fingerprint density at radius 2 is 1.72 bits per heavy atom. The lowest BCUT2D eigenvalue weighted by molar-refractivity contribution is -0.128. The van der Waals surface area contributed by atoms with Crippen LogP contribution in [0.1, 0.15) is 57.4 Å². The van der Waals surface area contributed by atoms with Crippen LogP contribution in [0.5, 0.6) is 11.5 Å². The fraction of sp³-hybridized carbons (Fsp3) is 0.379. The highest BCUT2D eigenvalue weighted by atomic mass is 16.5. The molecule has 1 atom stereocenters. The first-order valence-electron chi connectivity index (χ1n) is 12.7. The zero-order chi connectivity index (χ0) is 28.6. The number of methoxy groups -OCH3 is 2. The molecule has 0 bridgehead atoms. The summed E-state index contributed by atoms with van der Waals surface area (Å²) in [6.45, 7) is 7.52. The van der Waals surface area contributed by atoms with E-state index >= 15 is 0 Å². The Morgan fingerprint density at radius 1 is 1.03 bits per heavy atom. The van der Waals surface area contributed by atoms with Crippen molar-refractivity contribution in [3.05, 3.63) is 65.9 Å². The number of ether oxygens (including phenoxy) is 2. The molecule has 10 nitrogen and oxygen atoms in total. The molecule has 1 aromatic heterocycles. The fourth-order valence-corrected chi connectivity index (χ4v) is 3.91. The summed E-state index contributed by atoms with van der Waals surface area (Å²) in [7, 11) is 3.05. The van der Waals surface area contributed by atoms with Gasteiger partial charge in [-0.2, -0.15) is 0 Å². The number of carbonyl (C=O) groups excluding carboxylic acids is 3. The minimum absolute atomic E-state index is 0.131. The number of amides is 3. The number of anilines is 2. The second kappa shape index (κ2) is 12.9. The summed E-state index contributed by atoms with van der Waals surface area (Å²) < 4.78 is 15.8. The van der Waals surface area contributed by atoms with E-state index in [1.807, 2.05) is 20.8 Å². The zero-order valence-electron chi connectivity index (χ0n) is 23.2. The molecule has 0 aliphatic rings. The molecular formula is C29H36N4O6. The average molecular weight is 537 g/mol. The van der Waals surface area contributed by atoms with Crippen molar-refractivity contribution in [2.45, 2.75) is 58.5 Å². The van der Waals surface area contributed by atoms with E-state index < -0.39 is 23.4 Å². The number of aromatic nitrogens is 1. The standard InChI is InChI=1S/C29H36N4O6/c1-7-29(3,4)31-28(36)27(20-12-14-21(37-5)15-13-20)33(22-10-8-9-11-23(22)38-6)26(35)17-16-25(34)30-24-18-19(2)39-32-24/h8-15,18,27H,7,16-17H2,1-6H3,(H,31,36)(H,30,32,34)/t27-/m1/s1. The number of nitrogens with zero attached hydrogens (tertiary/aromatic N) is 2. The Morgan fingerprint density at radius 3 is 2.31 bits per heavy atom. The van der Waals surface area contributed by atoms with Gasteiger partial charge in [0.2, 0.25) is 17.7 Å². The number of hydrogen-bond acceptors (Lipinski definition) is 7. The molecule has 0 unspecified atom stereocenters. The van der Waals surface area contributed by atoms with Gasteiger partial charge in [0.15, 0.2) is 5.82 Å². The van der Waals surface area contributed by atoms with Crippen molar-refractivity contribution in [1.29, 1.82) is 0 Å². The first-order chi connectivity index (χ1) is 18.6. The van der Waals surface area contributed by atoms with Crippen LogP contribution in [0.25, 0.3) is 0 Å². The second-order valence-corrected chi connectivity index (χ2v) is 9.71. The van der Waals surface area contributed by atoms with Crippen molar-refractivity contribution >= 4 is 29.2 Å². The van der Waals surface area contributed by atoms with E-state index in [2.05, 4.69) is 15.8 Å². The van der Waals surface area contributed by atoms with E-state index in [4.69, 9.17) is 14.0 Å². The van der Waals surface area contributed by atoms with Gasteiger partial charge < -0.3 is 24.6 Å². The van der Waals surface area contributed by atoms with Crippen LogP contribution in [0.2, 0.25) is 0 Å². The van der Waals surface area contributed by atoms with Crippen LogP contribution in [0, 0.1) is 6.92 Å². The molecule has 0 spiro atoms. The minimum atomic E-state index is -1.05. The van der Waals surface area contributed by atoms with Crippen molar-refractivity contribution in [2.24, 2.45) is 0 Å². The maximum absolute atomic E-state index is 13.9. The van der Waals surface area contributed by atoms with Crippen LogP contribution in [0.3, 0.4) is 0 Å². The number of hydrogen-bond donors (Lipinski definition) is 2. The van der Waals surface area contributed by atoms with Gasteiger partial charge in [-0.3, -0.25) is 19.3 Å². The number of rotatable bonds is 12. The smallest absolute Gasteiger partial charge is 0.248 e. The normalized spacial score (nSPS) is 11.8. The fourth-order valence-electron chi connectivity index (χ4n) is 3.91. The quantitative estimate of drug-likeness (QED) is 0.341. The van der Waals surface area contributed by atoms with Gasteiger partial charge in [-0.1, -0.05) is 36.3 Å². The summed E-state index contributed by atoms with van der Waals surface area (Å²) in [6.07, 6.45) is 0.379. The van der Waals surface area contributed by atoms with Crippen molar-refractivity contribution in [1.82, 2.24) is 10.5 Å². The Balaban J connectivity index is 2.01. The van der Waals surface area contributed by atoms with Crippen molar-refractivity contribution in [2.75, 3.05) is 24.4 Å². The third-order valence-corrected chi connectivity index (χ3v) is 6.36. The van der Waals surface area contributed by atoms with E-state index in [1.165, 1.54) is 12.0 Å². The first-order valence-corrected chi connectivity index (χ1v) is 12.7. The highest BCUT2D eigenvalue weighted by Crippen LogP contribution is 2.36. The van der Waals surface area contributed by atoms with Gasteiger partial charge in [0.1, 0.15) is 23.3 Å². The molecule has 1 heterocycles. The van der Waals surface area contributed by atoms with Crippen molar-refractivity contribution in [3.8, 4) is 11.5 Å². The number of para-hydroxylation sites is 2. The lowest BCUT2D eigenvalue weighted by Crippen LogP contribution is -2.50. The summed E-state index contributed by atoms with van der Waals surface area (Å²) in [4.78, 5) is 41.8. The van der Waals surface area contributed by atoms with E-state index in [9.17, 15) is 14.4 Å². The Bertz CT molecular complexity index is 1280. The lowest BCUT2D eigenvalue weighted by Gasteiger charge is -2.35. The second-order valence-electron chi connectivity index (χ2n) is 9.71. The molecule has 2 N–H and O–H groups in total. The van der Waals surface area contributed by atoms with Gasteiger partial charge >= 0.3 is 0 Å². The van der Waals surface area contributed by atoms with E-state index in [0.717, 1.165) is 0 Å². The van der Waals surface area contributed by atoms with Gasteiger partial charge in [-0.05, 0) is 57.0 Å². The van der Waals surface area contributed by atoms with E-state index in [1.54, 1.807) is 68.6 Å². The Kier molecular flexibility index (Phi) is 9.70. The van der Waals surface area contributed by atoms with Crippen LogP contribution in [0.15, 0.2) is 59.1 Å². The molecule has 0 saturated heterocycles. The van der Waals surface area contributed by atoms with E-state index in [0.29, 0.717) is 34.9 Å². The van der Waals surface area contributed by atoms with Crippen molar-refractivity contribution in [3.63, 3.8) is 0 Å². The van der Waals surface area contributed by atoms with Crippen LogP contribution in [-0.2, 0) is 14.4 Å². The highest BCUT2D eigenvalue weighted by Gasteiger charge is 2.36. The van der Waals surface area contributed by atoms with Crippen LogP contribution in [0.4, 0.5) is 11.5 Å². The molecule has 0 fully saturated rings. The number of carbonyl (C=O) groups is 3. The molecule has 0 saturated carbocycles. The van der Waals surface area contributed by atoms with Gasteiger partial charge in [-0.25, -0.2) is 0 Å². The third kappa shape index (κ3) is 7.59. The molecular weight excluding hydrogens is 500 g/mol. The molecule has 2 aromatic carbocycles. The summed E-state index contributed by atoms with van der Waals surface area (Å²) in [5, 5.41) is 9.45. The number of aryl methyl sites for hydroxylation is 1. The maximum atomic E-state index is 13.9. The molecule has 0 aliphatic carbocycles. The summed E-state index contributed by atoms with van der Waals surface area (Å²) in [5.41, 5.74) is 0.456. The molecule has 0 aliphatic heterocycles. The van der Waals surface area contributed by atoms with Gasteiger partial charge in [0.25, 0.3) is 0 Å². The predicted octanol–water partition coefficient (Wildman–Crippen LogP) is 4.80. The maximum Gasteiger partial charge on any atom is 0.248 e. The van der Waals surface area contributed by atoms with Gasteiger partial charge in [0, 0.05) is 24.4 Å². The molecule has 3 aromatic rings. The largest absolute Gasteiger partial charge is 0.497 e. The zero-order valence-corrected chi connectivity index (χ0v) is 23.2. The van der Waals surface area contributed by atoms with Gasteiger partial charge in [-0.15, -0.1) is 0 Å². The Labute approximate surface area is 228 Å². The first kappa shape index (κ1) is 29.2. The van der Waals surface area contributed by atoms with Crippen molar-refractivity contribution < 1.29 is 28.4 Å². The van der Waals surface area contributed by atoms with Gasteiger partial charge in [0.05, 0.1) is 19.9 Å². The Hall–Kier alpha value is -4.34. The molecule has 0 radical (unpaired) electrons. The number of benzene rings is 2. The average Bonchev–Trinajstić information content (AvgIpc) is 3.34. The lowest BCUT2D eigenvalue weighted by atomic mass is 9.97.